The second-order valence-corrected chi connectivity index (χ2v) is 4.65. The molecule has 2 heterocycles. The molecule has 0 fully saturated rings. The topological polar surface area (TPSA) is 78.5 Å². The Morgan fingerprint density at radius 3 is 2.79 bits per heavy atom. The number of rotatable bonds is 2. The van der Waals surface area contributed by atoms with Gasteiger partial charge in [-0.15, -0.1) is 0 Å². The van der Waals surface area contributed by atoms with Gasteiger partial charge in [0.15, 0.2) is 0 Å². The van der Waals surface area contributed by atoms with E-state index in [1.165, 1.54) is 0 Å². The van der Waals surface area contributed by atoms with Crippen LogP contribution in [0.3, 0.4) is 0 Å². The minimum atomic E-state index is 0.354. The summed E-state index contributed by atoms with van der Waals surface area (Å²) in [5, 5.41) is 12.7. The number of nitrogens with zero attached hydrogens (tertiary/aromatic N) is 3. The molecule has 0 aliphatic heterocycles. The molecule has 3 aromatic rings. The molecule has 0 saturated carbocycles. The van der Waals surface area contributed by atoms with Gasteiger partial charge in [-0.1, -0.05) is 33.2 Å². The second-order valence-electron chi connectivity index (χ2n) is 3.80. The van der Waals surface area contributed by atoms with E-state index in [4.69, 9.17) is 9.78 Å². The van der Waals surface area contributed by atoms with Gasteiger partial charge in [0.05, 0.1) is 0 Å². The fourth-order valence-corrected chi connectivity index (χ4v) is 2.13. The van der Waals surface area contributed by atoms with Gasteiger partial charge < -0.3 is 9.51 Å². The molecule has 2 aromatic heterocycles. The van der Waals surface area contributed by atoms with Gasteiger partial charge in [0.1, 0.15) is 17.5 Å². The molecule has 0 atom stereocenters. The first-order chi connectivity index (χ1) is 9.28. The lowest BCUT2D eigenvalue weighted by Gasteiger charge is -1.96. The predicted octanol–water partition coefficient (Wildman–Crippen LogP) is 3.37. The van der Waals surface area contributed by atoms with Crippen molar-refractivity contribution in [2.75, 3.05) is 0 Å². The Hall–Kier alpha value is -2.39. The van der Waals surface area contributed by atoms with Crippen molar-refractivity contribution >= 4 is 15.9 Å². The molecule has 6 heteroatoms. The Labute approximate surface area is 117 Å². The molecule has 1 N–H and O–H groups in total. The third-order valence-corrected chi connectivity index (χ3v) is 3.27. The van der Waals surface area contributed by atoms with Crippen molar-refractivity contribution in [2.45, 2.75) is 0 Å². The number of hydrogen-bond donors (Lipinski definition) is 1. The molecule has 92 valence electrons. The number of nitriles is 1. The Kier molecular flexibility index (Phi) is 2.89. The van der Waals surface area contributed by atoms with Crippen LogP contribution in [0.5, 0.6) is 0 Å². The molecule has 0 radical (unpaired) electrons. The van der Waals surface area contributed by atoms with Crippen LogP contribution < -0.4 is 0 Å². The van der Waals surface area contributed by atoms with E-state index < -0.39 is 0 Å². The third kappa shape index (κ3) is 2.16. The van der Waals surface area contributed by atoms with Gasteiger partial charge in [-0.2, -0.15) is 10.2 Å². The molecule has 0 aliphatic carbocycles. The van der Waals surface area contributed by atoms with Crippen LogP contribution in [0, 0.1) is 11.3 Å². The summed E-state index contributed by atoms with van der Waals surface area (Å²) >= 11 is 3.44. The summed E-state index contributed by atoms with van der Waals surface area (Å²) < 4.78 is 6.09. The van der Waals surface area contributed by atoms with Gasteiger partial charge in [0.2, 0.25) is 5.82 Å². The maximum absolute atomic E-state index is 8.76. The highest BCUT2D eigenvalue weighted by molar-refractivity contribution is 9.10. The van der Waals surface area contributed by atoms with E-state index in [1.54, 1.807) is 12.1 Å². The zero-order valence-corrected chi connectivity index (χ0v) is 11.2. The van der Waals surface area contributed by atoms with Crippen LogP contribution in [0.2, 0.25) is 0 Å². The van der Waals surface area contributed by atoms with Gasteiger partial charge >= 0.3 is 0 Å². The first-order valence-corrected chi connectivity index (χ1v) is 6.25. The van der Waals surface area contributed by atoms with Crippen LogP contribution in [0.15, 0.2) is 45.4 Å². The number of aromatic amines is 1. The normalized spacial score (nSPS) is 10.3. The molecule has 19 heavy (non-hydrogen) atoms. The average molecular weight is 315 g/mol. The lowest BCUT2D eigenvalue weighted by Crippen LogP contribution is -1.82. The van der Waals surface area contributed by atoms with Crippen LogP contribution in [0.4, 0.5) is 0 Å². The highest BCUT2D eigenvalue weighted by Crippen LogP contribution is 2.27. The number of aromatic nitrogens is 3. The Balaban J connectivity index is 2.00. The number of hydrogen-bond acceptors (Lipinski definition) is 4. The summed E-state index contributed by atoms with van der Waals surface area (Å²) in [7, 11) is 0. The van der Waals surface area contributed by atoms with E-state index in [-0.39, 0.29) is 0 Å². The van der Waals surface area contributed by atoms with E-state index in [9.17, 15) is 0 Å². The first-order valence-electron chi connectivity index (χ1n) is 5.46. The number of halogens is 1. The van der Waals surface area contributed by atoms with Crippen molar-refractivity contribution in [1.82, 2.24) is 15.1 Å². The maximum Gasteiger partial charge on any atom is 0.274 e. The molecule has 1 aromatic carbocycles. The SMILES string of the molecule is N#Cc1ccc(-c2nc(-c3ccccc3Br)no2)[nH]1. The molecule has 0 saturated heterocycles. The maximum atomic E-state index is 8.76. The lowest BCUT2D eigenvalue weighted by molar-refractivity contribution is 0.431. The van der Waals surface area contributed by atoms with Crippen molar-refractivity contribution in [3.05, 3.63) is 46.6 Å². The third-order valence-electron chi connectivity index (χ3n) is 2.58. The highest BCUT2D eigenvalue weighted by Gasteiger charge is 2.13. The molecule has 3 rings (SSSR count). The van der Waals surface area contributed by atoms with Crippen molar-refractivity contribution in [2.24, 2.45) is 0 Å². The highest BCUT2D eigenvalue weighted by atomic mass is 79.9. The van der Waals surface area contributed by atoms with Crippen molar-refractivity contribution in [3.8, 4) is 29.0 Å². The van der Waals surface area contributed by atoms with Crippen LogP contribution >= 0.6 is 15.9 Å². The predicted molar refractivity (Wildman–Crippen MR) is 71.9 cm³/mol. The number of nitrogens with one attached hydrogen (secondary N) is 1. The van der Waals surface area contributed by atoms with Gasteiger partial charge in [-0.25, -0.2) is 0 Å². The minimum Gasteiger partial charge on any atom is -0.342 e. The van der Waals surface area contributed by atoms with E-state index in [2.05, 4.69) is 31.1 Å². The van der Waals surface area contributed by atoms with Gasteiger partial charge in [-0.3, -0.25) is 0 Å². The summed E-state index contributed by atoms with van der Waals surface area (Å²) in [6.45, 7) is 0. The Morgan fingerprint density at radius 1 is 1.21 bits per heavy atom. The van der Waals surface area contributed by atoms with Gasteiger partial charge in [0, 0.05) is 10.0 Å². The van der Waals surface area contributed by atoms with Crippen LogP contribution in [0.25, 0.3) is 23.0 Å². The number of benzene rings is 1. The first kappa shape index (κ1) is 11.7. The molecular formula is C13H7BrN4O. The second kappa shape index (κ2) is 4.71. The summed E-state index contributed by atoms with van der Waals surface area (Å²) in [5.41, 5.74) is 1.93. The average Bonchev–Trinajstić information content (AvgIpc) is 3.08. The van der Waals surface area contributed by atoms with Crippen molar-refractivity contribution in [1.29, 1.82) is 5.26 Å². The zero-order valence-electron chi connectivity index (χ0n) is 9.59. The molecular weight excluding hydrogens is 308 g/mol. The van der Waals surface area contributed by atoms with E-state index in [0.717, 1.165) is 10.0 Å². The van der Waals surface area contributed by atoms with Gasteiger partial charge in [-0.05, 0) is 24.3 Å². The van der Waals surface area contributed by atoms with Crippen LogP contribution in [-0.4, -0.2) is 15.1 Å². The summed E-state index contributed by atoms with van der Waals surface area (Å²) in [6, 6.07) is 13.0. The quantitative estimate of drug-likeness (QED) is 0.786. The minimum absolute atomic E-state index is 0.354. The Bertz CT molecular complexity index is 769. The molecule has 0 bridgehead atoms. The summed E-state index contributed by atoms with van der Waals surface area (Å²) in [5.74, 6) is 0.850. The molecule has 0 aliphatic rings. The fourth-order valence-electron chi connectivity index (χ4n) is 1.67. The van der Waals surface area contributed by atoms with Crippen LogP contribution in [0.1, 0.15) is 5.69 Å². The Morgan fingerprint density at radius 2 is 2.05 bits per heavy atom. The summed E-state index contributed by atoms with van der Waals surface area (Å²) in [6.07, 6.45) is 0. The monoisotopic (exact) mass is 314 g/mol. The van der Waals surface area contributed by atoms with Crippen molar-refractivity contribution in [3.63, 3.8) is 0 Å². The smallest absolute Gasteiger partial charge is 0.274 e. The van der Waals surface area contributed by atoms with E-state index >= 15 is 0 Å². The molecule has 0 amide bonds. The lowest BCUT2D eigenvalue weighted by atomic mass is 10.2. The van der Waals surface area contributed by atoms with Gasteiger partial charge in [0.25, 0.3) is 5.89 Å². The molecule has 0 spiro atoms. The van der Waals surface area contributed by atoms with E-state index in [1.807, 2.05) is 30.3 Å². The standard InChI is InChI=1S/C13H7BrN4O/c14-10-4-2-1-3-9(10)12-17-13(19-18-12)11-6-5-8(7-15)16-11/h1-6,16H. The molecule has 0 unspecified atom stereocenters. The molecule has 5 nitrogen and oxygen atoms in total. The van der Waals surface area contributed by atoms with E-state index in [0.29, 0.717) is 23.1 Å². The number of H-pyrrole nitrogens is 1. The van der Waals surface area contributed by atoms with Crippen molar-refractivity contribution < 1.29 is 4.52 Å². The fraction of sp³-hybridized carbons (Fsp3) is 0. The summed E-state index contributed by atoms with van der Waals surface area (Å²) in [4.78, 5) is 7.20. The zero-order chi connectivity index (χ0) is 13.2. The largest absolute Gasteiger partial charge is 0.342 e. The van der Waals surface area contributed by atoms with Crippen LogP contribution in [-0.2, 0) is 0 Å².